The SMILES string of the molecule is COc1cc2c(cc1O)[C@@H](C[C@H](O)[C@H](O)C[C@H](C1=CCNC(N)=C1)c1ccc3ccccc3c1)C#C[C@@]1(CC[C@H](CC[C@@H]3C[C@@H]4CCC(=O)C[C@H]4NC34CCCCC4)C[C@H]1O)C(=O)CC2. The Balaban J connectivity index is 0.946. The Kier molecular flexibility index (Phi) is 13.5. The molecule has 2 spiro atoms. The standard InChI is InChI=1S/C55H69N3O7/c1-65-50-29-38-13-16-51(63)54(22-17-34(25-52(54)64)9-14-42-27-41-12-15-43(59)31-46(41)58-55(42)20-5-2-6-21-55)23-18-39(45(38)33-49(50)62)28-47(60)48(61)32-44(40-19-24-57-53(56)30-40)37-11-10-35-7-3-4-8-36(35)26-37/h3-4,7-8,10-11,19,26,29-30,33-34,39,41-42,44,46-48,52,57-58,60-62,64H,2,5-6,9,12-17,20-22,24-25,27-28,31-32,56H2,1H3/t34-,39+,41-,42+,44-,46+,47-,48+,52+,54-/m0/s1. The number of nitrogens with two attached hydrogens (primary N) is 1. The molecule has 0 amide bonds. The van der Waals surface area contributed by atoms with Gasteiger partial charge in [0.25, 0.3) is 0 Å². The Hall–Kier alpha value is -4.66. The van der Waals surface area contributed by atoms with Crippen LogP contribution in [0.25, 0.3) is 10.8 Å². The van der Waals surface area contributed by atoms with Crippen molar-refractivity contribution in [3.63, 3.8) is 0 Å². The Morgan fingerprint density at radius 3 is 2.52 bits per heavy atom. The number of hydrogen-bond donors (Lipinski definition) is 7. The number of aromatic hydroxyl groups is 1. The molecule has 2 aliphatic heterocycles. The lowest BCUT2D eigenvalue weighted by Gasteiger charge is -2.54. The van der Waals surface area contributed by atoms with Gasteiger partial charge in [0.2, 0.25) is 0 Å². The second-order valence-electron chi connectivity index (χ2n) is 20.6. The van der Waals surface area contributed by atoms with Crippen LogP contribution in [0.4, 0.5) is 0 Å². The number of aliphatic hydroxyl groups is 3. The summed E-state index contributed by atoms with van der Waals surface area (Å²) in [5.41, 5.74) is 8.51. The van der Waals surface area contributed by atoms with E-state index in [0.717, 1.165) is 53.2 Å². The number of nitrogens with one attached hydrogen (secondary N) is 2. The molecule has 10 atom stereocenters. The third-order valence-electron chi connectivity index (χ3n) is 16.7. The number of allylic oxidation sites excluding steroid dienone is 2. The van der Waals surface area contributed by atoms with E-state index in [-0.39, 0.29) is 53.9 Å². The van der Waals surface area contributed by atoms with Gasteiger partial charge < -0.3 is 41.5 Å². The number of hydrogen-bond acceptors (Lipinski definition) is 10. The van der Waals surface area contributed by atoms with Gasteiger partial charge >= 0.3 is 0 Å². The van der Waals surface area contributed by atoms with Crippen LogP contribution in [-0.2, 0) is 16.0 Å². The molecular formula is C55H69N3O7. The number of phenols is 1. The summed E-state index contributed by atoms with van der Waals surface area (Å²) < 4.78 is 5.50. The highest BCUT2D eigenvalue weighted by Crippen LogP contribution is 2.50. The van der Waals surface area contributed by atoms with Crippen LogP contribution < -0.4 is 21.1 Å². The van der Waals surface area contributed by atoms with Crippen molar-refractivity contribution in [1.82, 2.24) is 10.6 Å². The summed E-state index contributed by atoms with van der Waals surface area (Å²) in [4.78, 5) is 26.9. The van der Waals surface area contributed by atoms with Gasteiger partial charge in [-0.25, -0.2) is 0 Å². The molecule has 0 aromatic heterocycles. The predicted octanol–water partition coefficient (Wildman–Crippen LogP) is 7.75. The molecular weight excluding hydrogens is 815 g/mol. The molecule has 4 fully saturated rings. The molecule has 0 unspecified atom stereocenters. The number of ketones is 2. The number of aryl methyl sites for hydroxylation is 1. The summed E-state index contributed by atoms with van der Waals surface area (Å²) in [6.45, 7) is 0.554. The maximum atomic E-state index is 14.5. The summed E-state index contributed by atoms with van der Waals surface area (Å²) in [6.07, 6.45) is 14.9. The van der Waals surface area contributed by atoms with E-state index < -0.39 is 29.6 Å². The number of dihydropyridines is 1. The number of aliphatic hydroxyl groups excluding tert-OH is 3. The molecule has 4 aliphatic carbocycles. The van der Waals surface area contributed by atoms with Crippen LogP contribution in [0.5, 0.6) is 11.5 Å². The van der Waals surface area contributed by atoms with E-state index in [2.05, 4.69) is 58.9 Å². The van der Waals surface area contributed by atoms with E-state index in [9.17, 15) is 30.0 Å². The van der Waals surface area contributed by atoms with E-state index in [4.69, 9.17) is 10.5 Å². The van der Waals surface area contributed by atoms with Gasteiger partial charge in [0.05, 0.1) is 31.2 Å². The van der Waals surface area contributed by atoms with E-state index >= 15 is 0 Å². The van der Waals surface area contributed by atoms with E-state index in [0.29, 0.717) is 73.7 Å². The maximum Gasteiger partial charge on any atom is 0.160 e. The number of Topliss-reactive ketones (excluding diaryl/α,β-unsaturated/α-hetero) is 2. The molecule has 3 aromatic carbocycles. The number of rotatable bonds is 11. The minimum absolute atomic E-state index is 0.0478. The van der Waals surface area contributed by atoms with Gasteiger partial charge in [-0.2, -0.15) is 0 Å². The summed E-state index contributed by atoms with van der Waals surface area (Å²) in [6, 6.07) is 18.1. The van der Waals surface area contributed by atoms with Gasteiger partial charge in [-0.05, 0) is 140 Å². The monoisotopic (exact) mass is 884 g/mol. The molecule has 1 saturated heterocycles. The first-order valence-corrected chi connectivity index (χ1v) is 24.6. The Morgan fingerprint density at radius 1 is 0.923 bits per heavy atom. The number of fused-ring (bicyclic) bond motifs is 3. The quantitative estimate of drug-likeness (QED) is 0.0944. The van der Waals surface area contributed by atoms with Gasteiger partial charge in [-0.1, -0.05) is 86.1 Å². The highest BCUT2D eigenvalue weighted by atomic mass is 16.5. The first kappa shape index (κ1) is 45.5. The van der Waals surface area contributed by atoms with Gasteiger partial charge in [0, 0.05) is 49.2 Å². The Morgan fingerprint density at radius 2 is 1.74 bits per heavy atom. The third kappa shape index (κ3) is 9.50. The van der Waals surface area contributed by atoms with E-state index in [1.165, 1.54) is 45.6 Å². The van der Waals surface area contributed by atoms with Crippen molar-refractivity contribution in [2.24, 2.45) is 28.9 Å². The van der Waals surface area contributed by atoms with Crippen LogP contribution in [0.1, 0.15) is 138 Å². The maximum absolute atomic E-state index is 14.5. The van der Waals surface area contributed by atoms with Gasteiger partial charge in [0.1, 0.15) is 11.2 Å². The molecule has 3 aromatic rings. The number of carbonyl (C=O) groups is 2. The smallest absolute Gasteiger partial charge is 0.160 e. The number of piperidine rings is 1. The van der Waals surface area contributed by atoms with Crippen molar-refractivity contribution in [3.05, 3.63) is 94.8 Å². The molecule has 0 radical (unpaired) electrons. The van der Waals surface area contributed by atoms with E-state index in [1.807, 2.05) is 18.2 Å². The van der Waals surface area contributed by atoms with Crippen molar-refractivity contribution in [2.45, 2.75) is 157 Å². The predicted molar refractivity (Wildman–Crippen MR) is 253 cm³/mol. The van der Waals surface area contributed by atoms with Crippen molar-refractivity contribution >= 4 is 22.3 Å². The van der Waals surface area contributed by atoms with Gasteiger partial charge in [-0.3, -0.25) is 9.59 Å². The van der Waals surface area contributed by atoms with Gasteiger partial charge in [0.15, 0.2) is 17.3 Å². The van der Waals surface area contributed by atoms with Gasteiger partial charge in [-0.15, -0.1) is 0 Å². The number of phenolic OH excluding ortho intramolecular Hbond substituents is 1. The molecule has 10 heteroatoms. The Bertz CT molecular complexity index is 2370. The number of benzene rings is 3. The fourth-order valence-electron chi connectivity index (χ4n) is 13.0. The molecule has 6 aliphatic rings. The molecule has 9 rings (SSSR count). The summed E-state index contributed by atoms with van der Waals surface area (Å²) in [7, 11) is 1.49. The minimum Gasteiger partial charge on any atom is -0.504 e. The largest absolute Gasteiger partial charge is 0.504 e. The van der Waals surface area contributed by atoms with Crippen molar-refractivity contribution in [3.8, 4) is 23.3 Å². The number of methoxy groups -OCH3 is 1. The lowest BCUT2D eigenvalue weighted by molar-refractivity contribution is -0.134. The molecule has 8 N–H and O–H groups in total. The van der Waals surface area contributed by atoms with Crippen LogP contribution >= 0.6 is 0 Å². The third-order valence-corrected chi connectivity index (χ3v) is 16.7. The molecule has 10 nitrogen and oxygen atoms in total. The summed E-state index contributed by atoms with van der Waals surface area (Å²) >= 11 is 0. The average Bonchev–Trinajstić information content (AvgIpc) is 3.35. The fourth-order valence-corrected chi connectivity index (χ4v) is 13.0. The molecule has 3 saturated carbocycles. The zero-order valence-corrected chi connectivity index (χ0v) is 38.1. The van der Waals surface area contributed by atoms with Crippen LogP contribution in [0.15, 0.2) is 78.1 Å². The van der Waals surface area contributed by atoms with Crippen LogP contribution in [0, 0.1) is 35.0 Å². The highest BCUT2D eigenvalue weighted by molar-refractivity contribution is 5.89. The second kappa shape index (κ2) is 19.3. The molecule has 346 valence electrons. The van der Waals surface area contributed by atoms with Crippen LogP contribution in [0.3, 0.4) is 0 Å². The summed E-state index contributed by atoms with van der Waals surface area (Å²) in [5, 5.41) is 56.6. The van der Waals surface area contributed by atoms with Crippen LogP contribution in [-0.4, -0.2) is 75.5 Å². The normalized spacial score (nSPS) is 30.2. The number of carbonyl (C=O) groups excluding carboxylic acids is 2. The zero-order chi connectivity index (χ0) is 45.3. The Labute approximate surface area is 384 Å². The first-order valence-electron chi connectivity index (χ1n) is 24.6. The minimum atomic E-state index is -1.25. The molecule has 65 heavy (non-hydrogen) atoms. The number of ether oxygens (including phenoxy) is 1. The van der Waals surface area contributed by atoms with E-state index in [1.54, 1.807) is 12.1 Å². The van der Waals surface area contributed by atoms with Crippen molar-refractivity contribution < 1.29 is 34.8 Å². The second-order valence-corrected chi connectivity index (χ2v) is 20.6. The highest BCUT2D eigenvalue weighted by Gasteiger charge is 2.50. The first-order chi connectivity index (χ1) is 31.4. The molecule has 2 heterocycles. The topological polar surface area (TPSA) is 174 Å². The molecule has 0 bridgehead atoms. The average molecular weight is 884 g/mol. The lowest BCUT2D eigenvalue weighted by Crippen LogP contribution is -2.63. The van der Waals surface area contributed by atoms with Crippen LogP contribution in [0.2, 0.25) is 0 Å². The zero-order valence-electron chi connectivity index (χ0n) is 38.1. The fraction of sp³-hybridized carbons (Fsp3) is 0.564. The van der Waals surface area contributed by atoms with Crippen molar-refractivity contribution in [2.75, 3.05) is 13.7 Å². The lowest BCUT2D eigenvalue weighted by atomic mass is 9.60. The summed E-state index contributed by atoms with van der Waals surface area (Å²) in [5.74, 6) is 8.30. The van der Waals surface area contributed by atoms with Crippen molar-refractivity contribution in [1.29, 1.82) is 0 Å².